The number of nitrogens with zero attached hydrogens (tertiary/aromatic N) is 2. The Hall–Kier alpha value is -4.02. The number of urea groups is 1. The zero-order valence-corrected chi connectivity index (χ0v) is 18.6. The summed E-state index contributed by atoms with van der Waals surface area (Å²) in [4.78, 5) is 16.9. The smallest absolute Gasteiger partial charge is 0.334 e. The molecular weight excluding hydrogens is 486 g/mol. The molecule has 2 amide bonds. The van der Waals surface area contributed by atoms with E-state index in [1.807, 2.05) is 59.2 Å². The van der Waals surface area contributed by atoms with Gasteiger partial charge in [0.25, 0.3) is 0 Å². The number of aromatic nitrogens is 2. The van der Waals surface area contributed by atoms with Crippen LogP contribution in [0.15, 0.2) is 72.8 Å². The highest BCUT2D eigenvalue weighted by atomic mass is 19.4. The van der Waals surface area contributed by atoms with Crippen molar-refractivity contribution in [3.63, 3.8) is 0 Å². The van der Waals surface area contributed by atoms with Gasteiger partial charge in [0.05, 0.1) is 28.7 Å². The number of fused-ring (bicyclic) bond motifs is 1. The Morgan fingerprint density at radius 3 is 1.97 bits per heavy atom. The number of hydrogen-bond donors (Lipinski definition) is 2. The van der Waals surface area contributed by atoms with E-state index < -0.39 is 36.1 Å². The van der Waals surface area contributed by atoms with Gasteiger partial charge in [-0.1, -0.05) is 42.5 Å². The normalized spacial score (nSPS) is 12.1. The summed E-state index contributed by atoms with van der Waals surface area (Å²) in [6.07, 6.45) is -9.92. The molecule has 2 N–H and O–H groups in total. The monoisotopic (exact) mass is 506 g/mol. The van der Waals surface area contributed by atoms with Gasteiger partial charge in [-0.15, -0.1) is 0 Å². The Morgan fingerprint density at radius 1 is 0.750 bits per heavy atom. The summed E-state index contributed by atoms with van der Waals surface area (Å²) in [6.45, 7) is -0.0482. The fourth-order valence-electron chi connectivity index (χ4n) is 3.73. The Kier molecular flexibility index (Phi) is 6.91. The van der Waals surface area contributed by atoms with Gasteiger partial charge in [0.2, 0.25) is 0 Å². The highest BCUT2D eigenvalue weighted by Gasteiger charge is 2.36. The molecule has 0 spiro atoms. The minimum Gasteiger partial charge on any atom is -0.334 e. The molecule has 4 rings (SSSR count). The number of hydrogen-bond acceptors (Lipinski definition) is 2. The highest BCUT2D eigenvalue weighted by Crippen LogP contribution is 2.36. The van der Waals surface area contributed by atoms with Gasteiger partial charge in [-0.25, -0.2) is 9.78 Å². The highest BCUT2D eigenvalue weighted by molar-refractivity contribution is 5.77. The van der Waals surface area contributed by atoms with Crippen LogP contribution in [0, 0.1) is 0 Å². The molecule has 36 heavy (non-hydrogen) atoms. The van der Waals surface area contributed by atoms with E-state index in [1.165, 1.54) is 0 Å². The van der Waals surface area contributed by atoms with Crippen LogP contribution in [0.4, 0.5) is 31.1 Å². The Morgan fingerprint density at radius 2 is 1.33 bits per heavy atom. The summed E-state index contributed by atoms with van der Waals surface area (Å²) in [6, 6.07) is 17.4. The second-order valence-electron chi connectivity index (χ2n) is 8.04. The van der Waals surface area contributed by atoms with Crippen LogP contribution in [0.25, 0.3) is 11.0 Å². The van der Waals surface area contributed by atoms with Crippen molar-refractivity contribution in [3.8, 4) is 0 Å². The Labute approximate surface area is 201 Å². The molecule has 0 saturated carbocycles. The van der Waals surface area contributed by atoms with Crippen molar-refractivity contribution >= 4 is 17.1 Å². The first-order valence-corrected chi connectivity index (χ1v) is 10.8. The van der Waals surface area contributed by atoms with Crippen molar-refractivity contribution in [3.05, 3.63) is 101 Å². The molecule has 0 unspecified atom stereocenters. The molecule has 3 aromatic carbocycles. The van der Waals surface area contributed by atoms with Gasteiger partial charge < -0.3 is 15.2 Å². The Bertz CT molecular complexity index is 1330. The van der Waals surface area contributed by atoms with Gasteiger partial charge in [-0.2, -0.15) is 26.3 Å². The summed E-state index contributed by atoms with van der Waals surface area (Å²) in [5, 5.41) is 4.88. The summed E-state index contributed by atoms with van der Waals surface area (Å²) in [5.74, 6) is 0.536. The van der Waals surface area contributed by atoms with E-state index in [9.17, 15) is 31.1 Å². The van der Waals surface area contributed by atoms with Crippen molar-refractivity contribution in [2.24, 2.45) is 0 Å². The number of benzene rings is 3. The van der Waals surface area contributed by atoms with Crippen LogP contribution in [0.3, 0.4) is 0 Å². The molecule has 0 saturated heterocycles. The van der Waals surface area contributed by atoms with E-state index >= 15 is 0 Å². The second kappa shape index (κ2) is 9.92. The largest absolute Gasteiger partial charge is 0.416 e. The number of amides is 2. The van der Waals surface area contributed by atoms with Gasteiger partial charge in [-0.05, 0) is 41.5 Å². The fourth-order valence-corrected chi connectivity index (χ4v) is 3.73. The SMILES string of the molecule is O=C(NCc1cc(C(F)(F)F)cc(C(F)(F)F)c1)NCc1nc2ccccc2n1Cc1ccccc1. The van der Waals surface area contributed by atoms with Crippen LogP contribution < -0.4 is 10.6 Å². The number of imidazole rings is 1. The molecule has 188 valence electrons. The van der Waals surface area contributed by atoms with E-state index in [0.717, 1.165) is 11.1 Å². The van der Waals surface area contributed by atoms with Gasteiger partial charge in [-0.3, -0.25) is 0 Å². The fraction of sp³-hybridized carbons (Fsp3) is 0.200. The number of carbonyl (C=O) groups is 1. The first kappa shape index (κ1) is 25.1. The van der Waals surface area contributed by atoms with Crippen LogP contribution in [0.1, 0.15) is 28.1 Å². The molecule has 1 heterocycles. The molecule has 0 fully saturated rings. The second-order valence-corrected chi connectivity index (χ2v) is 8.04. The zero-order chi connectivity index (χ0) is 25.9. The lowest BCUT2D eigenvalue weighted by Crippen LogP contribution is -2.35. The first-order chi connectivity index (χ1) is 17.0. The molecule has 1 aromatic heterocycles. The number of alkyl halides is 6. The topological polar surface area (TPSA) is 59.0 Å². The van der Waals surface area contributed by atoms with Crippen LogP contribution in [0.5, 0.6) is 0 Å². The Balaban J connectivity index is 1.47. The third-order valence-electron chi connectivity index (χ3n) is 5.42. The number of para-hydroxylation sites is 2. The van der Waals surface area contributed by atoms with Crippen LogP contribution in [-0.4, -0.2) is 15.6 Å². The first-order valence-electron chi connectivity index (χ1n) is 10.8. The predicted molar refractivity (Wildman–Crippen MR) is 121 cm³/mol. The van der Waals surface area contributed by atoms with Crippen molar-refractivity contribution in [1.29, 1.82) is 0 Å². The third kappa shape index (κ3) is 5.96. The van der Waals surface area contributed by atoms with Crippen LogP contribution in [0.2, 0.25) is 0 Å². The van der Waals surface area contributed by atoms with E-state index in [1.54, 1.807) is 0 Å². The van der Waals surface area contributed by atoms with E-state index in [0.29, 0.717) is 30.0 Å². The summed E-state index contributed by atoms with van der Waals surface area (Å²) in [5.41, 5.74) is -0.634. The summed E-state index contributed by atoms with van der Waals surface area (Å²) < 4.78 is 80.2. The molecular formula is C25H20F6N4O. The quantitative estimate of drug-likeness (QED) is 0.310. The van der Waals surface area contributed by atoms with Gasteiger partial charge in [0.1, 0.15) is 5.82 Å². The molecule has 0 atom stereocenters. The molecule has 11 heteroatoms. The minimum atomic E-state index is -4.96. The van der Waals surface area contributed by atoms with Crippen molar-refractivity contribution in [2.75, 3.05) is 0 Å². The van der Waals surface area contributed by atoms with E-state index in [2.05, 4.69) is 15.6 Å². The molecule has 0 aliphatic carbocycles. The van der Waals surface area contributed by atoms with Crippen molar-refractivity contribution < 1.29 is 31.1 Å². The predicted octanol–water partition coefficient (Wildman–Crippen LogP) is 6.12. The minimum absolute atomic E-state index is 0.0102. The average molecular weight is 506 g/mol. The average Bonchev–Trinajstić information content (AvgIpc) is 3.18. The lowest BCUT2D eigenvalue weighted by Gasteiger charge is -2.15. The third-order valence-corrected chi connectivity index (χ3v) is 5.42. The van der Waals surface area contributed by atoms with Gasteiger partial charge in [0.15, 0.2) is 0 Å². The zero-order valence-electron chi connectivity index (χ0n) is 18.6. The van der Waals surface area contributed by atoms with Crippen LogP contribution >= 0.6 is 0 Å². The lowest BCUT2D eigenvalue weighted by molar-refractivity contribution is -0.143. The number of nitrogens with one attached hydrogen (secondary N) is 2. The number of rotatable bonds is 6. The molecule has 5 nitrogen and oxygen atoms in total. The number of halogens is 6. The summed E-state index contributed by atoms with van der Waals surface area (Å²) in [7, 11) is 0. The van der Waals surface area contributed by atoms with Crippen LogP contribution in [-0.2, 0) is 32.0 Å². The van der Waals surface area contributed by atoms with Gasteiger partial charge in [0, 0.05) is 13.1 Å². The van der Waals surface area contributed by atoms with Crippen molar-refractivity contribution in [2.45, 2.75) is 32.0 Å². The molecule has 0 aliphatic heterocycles. The van der Waals surface area contributed by atoms with E-state index in [4.69, 9.17) is 0 Å². The maximum Gasteiger partial charge on any atom is 0.416 e. The number of carbonyl (C=O) groups excluding carboxylic acids is 1. The van der Waals surface area contributed by atoms with Crippen molar-refractivity contribution in [1.82, 2.24) is 20.2 Å². The standard InChI is InChI=1S/C25H20F6N4O/c26-24(27,28)18-10-17(11-19(12-18)25(29,30)31)13-32-23(36)33-14-22-34-20-8-4-5-9-21(20)35(22)15-16-6-2-1-3-7-16/h1-12H,13-15H2,(H2,32,33,36). The molecule has 0 aliphatic rings. The maximum atomic E-state index is 13.0. The van der Waals surface area contributed by atoms with Gasteiger partial charge >= 0.3 is 18.4 Å². The summed E-state index contributed by atoms with van der Waals surface area (Å²) >= 11 is 0. The van der Waals surface area contributed by atoms with E-state index in [-0.39, 0.29) is 18.2 Å². The lowest BCUT2D eigenvalue weighted by atomic mass is 10.0. The molecule has 0 bridgehead atoms. The maximum absolute atomic E-state index is 13.0. The molecule has 0 radical (unpaired) electrons. The molecule has 4 aromatic rings.